The number of ether oxygens (including phenoxy) is 1. The summed E-state index contributed by atoms with van der Waals surface area (Å²) in [6.45, 7) is 4.03. The third-order valence-electron chi connectivity index (χ3n) is 2.03. The quantitative estimate of drug-likeness (QED) is 0.892. The van der Waals surface area contributed by atoms with Crippen molar-refractivity contribution in [2.75, 3.05) is 0 Å². The van der Waals surface area contributed by atoms with Crippen LogP contribution in [0, 0.1) is 0 Å². The molecule has 0 unspecified atom stereocenters. The predicted octanol–water partition coefficient (Wildman–Crippen LogP) is 1.44. The zero-order valence-corrected chi connectivity index (χ0v) is 10.1. The first-order valence-electron chi connectivity index (χ1n) is 4.90. The van der Waals surface area contributed by atoms with E-state index in [-0.39, 0.29) is 11.2 Å². The molecule has 2 aromatic heterocycles. The summed E-state index contributed by atoms with van der Waals surface area (Å²) in [7, 11) is 0. The minimum Gasteiger partial charge on any atom is -0.381 e. The Morgan fingerprint density at radius 3 is 3.00 bits per heavy atom. The maximum atomic E-state index is 10.6. The van der Waals surface area contributed by atoms with Crippen LogP contribution in [-0.4, -0.2) is 25.8 Å². The average molecular weight is 253 g/mol. The number of nitrogens with zero attached hydrogens (tertiary/aromatic N) is 4. The van der Waals surface area contributed by atoms with Gasteiger partial charge in [0, 0.05) is 11.4 Å². The van der Waals surface area contributed by atoms with E-state index in [9.17, 15) is 4.79 Å². The highest BCUT2D eigenvalue weighted by atomic mass is 32.1. The number of carbonyl (C=O) groups excluding carboxylic acids is 1. The van der Waals surface area contributed by atoms with Gasteiger partial charge < -0.3 is 15.0 Å². The smallest absolute Gasteiger partial charge is 0.381 e. The van der Waals surface area contributed by atoms with Crippen LogP contribution in [0.3, 0.4) is 0 Å². The monoisotopic (exact) mass is 253 g/mol. The van der Waals surface area contributed by atoms with E-state index in [1.54, 1.807) is 11.7 Å². The third kappa shape index (κ3) is 2.41. The van der Waals surface area contributed by atoms with E-state index in [1.807, 2.05) is 18.4 Å². The Hall–Kier alpha value is -1.96. The predicted molar refractivity (Wildman–Crippen MR) is 61.7 cm³/mol. The van der Waals surface area contributed by atoms with Gasteiger partial charge >= 0.3 is 6.09 Å². The number of hydrogen-bond donors (Lipinski definition) is 1. The Labute approximate surface area is 101 Å². The van der Waals surface area contributed by atoms with Gasteiger partial charge in [0.25, 0.3) is 5.19 Å². The van der Waals surface area contributed by atoms with Crippen molar-refractivity contribution in [3.63, 3.8) is 0 Å². The molecule has 0 aliphatic heterocycles. The lowest BCUT2D eigenvalue weighted by molar-refractivity contribution is 0.210. The van der Waals surface area contributed by atoms with E-state index >= 15 is 0 Å². The largest absolute Gasteiger partial charge is 0.411 e. The van der Waals surface area contributed by atoms with Crippen molar-refractivity contribution >= 4 is 17.4 Å². The minimum absolute atomic E-state index is 0.200. The SMILES string of the molecule is CC(C)n1cnnc1-c1csc(OC(N)=O)n1. The minimum atomic E-state index is -0.878. The first-order chi connectivity index (χ1) is 8.08. The van der Waals surface area contributed by atoms with E-state index in [0.717, 1.165) is 0 Å². The standard InChI is InChI=1S/C9H11N5O2S/c1-5(2)14-4-11-13-7(14)6-3-17-9(12-6)16-8(10)15/h3-5H,1-2H3,(H2,10,15). The van der Waals surface area contributed by atoms with Crippen LogP contribution in [0.2, 0.25) is 0 Å². The second-order valence-corrected chi connectivity index (χ2v) is 4.40. The molecule has 0 saturated heterocycles. The molecule has 0 fully saturated rings. The van der Waals surface area contributed by atoms with Gasteiger partial charge in [-0.25, -0.2) is 4.79 Å². The van der Waals surface area contributed by atoms with Gasteiger partial charge in [-0.15, -0.1) is 10.2 Å². The lowest BCUT2D eigenvalue weighted by Gasteiger charge is -2.07. The maximum absolute atomic E-state index is 10.6. The van der Waals surface area contributed by atoms with Gasteiger partial charge in [-0.1, -0.05) is 11.3 Å². The van der Waals surface area contributed by atoms with Crippen molar-refractivity contribution < 1.29 is 9.53 Å². The molecule has 8 heteroatoms. The second-order valence-electron chi connectivity index (χ2n) is 3.58. The van der Waals surface area contributed by atoms with Crippen molar-refractivity contribution in [3.05, 3.63) is 11.7 Å². The van der Waals surface area contributed by atoms with E-state index in [4.69, 9.17) is 5.73 Å². The molecule has 0 radical (unpaired) electrons. The molecule has 90 valence electrons. The number of aromatic nitrogens is 4. The molecule has 0 aliphatic rings. The topological polar surface area (TPSA) is 95.9 Å². The van der Waals surface area contributed by atoms with Crippen molar-refractivity contribution in [2.45, 2.75) is 19.9 Å². The maximum Gasteiger partial charge on any atom is 0.411 e. The fourth-order valence-electron chi connectivity index (χ4n) is 1.30. The molecule has 0 atom stereocenters. The molecule has 2 rings (SSSR count). The van der Waals surface area contributed by atoms with Gasteiger partial charge in [0.2, 0.25) is 0 Å². The Kier molecular flexibility index (Phi) is 3.05. The first-order valence-corrected chi connectivity index (χ1v) is 5.78. The number of carbonyl (C=O) groups is 1. The lowest BCUT2D eigenvalue weighted by Crippen LogP contribution is -2.16. The Balaban J connectivity index is 2.30. The summed E-state index contributed by atoms with van der Waals surface area (Å²) in [5, 5.41) is 9.76. The zero-order valence-electron chi connectivity index (χ0n) is 9.32. The number of primary amides is 1. The molecule has 7 nitrogen and oxygen atoms in total. The Bertz CT molecular complexity index is 533. The summed E-state index contributed by atoms with van der Waals surface area (Å²) in [6.07, 6.45) is 0.754. The van der Waals surface area contributed by atoms with Crippen LogP contribution in [0.25, 0.3) is 11.5 Å². The van der Waals surface area contributed by atoms with Gasteiger partial charge in [0.05, 0.1) is 0 Å². The lowest BCUT2D eigenvalue weighted by atomic mass is 10.3. The zero-order chi connectivity index (χ0) is 12.4. The van der Waals surface area contributed by atoms with E-state index in [2.05, 4.69) is 19.9 Å². The summed E-state index contributed by atoms with van der Waals surface area (Å²) in [6, 6.07) is 0.224. The van der Waals surface area contributed by atoms with Crippen LogP contribution in [0.15, 0.2) is 11.7 Å². The van der Waals surface area contributed by atoms with Gasteiger partial charge in [-0.05, 0) is 13.8 Å². The highest BCUT2D eigenvalue weighted by molar-refractivity contribution is 7.11. The van der Waals surface area contributed by atoms with Crippen LogP contribution in [0.1, 0.15) is 19.9 Å². The number of thiazole rings is 1. The number of amides is 1. The molecule has 2 N–H and O–H groups in total. The summed E-state index contributed by atoms with van der Waals surface area (Å²) >= 11 is 1.18. The van der Waals surface area contributed by atoms with Crippen molar-refractivity contribution in [3.8, 4) is 16.7 Å². The highest BCUT2D eigenvalue weighted by Gasteiger charge is 2.14. The van der Waals surface area contributed by atoms with Gasteiger partial charge in [0.1, 0.15) is 12.0 Å². The molecule has 0 bridgehead atoms. The average Bonchev–Trinajstić information content (AvgIpc) is 2.82. The Morgan fingerprint density at radius 2 is 2.35 bits per heavy atom. The van der Waals surface area contributed by atoms with E-state index in [1.165, 1.54) is 11.3 Å². The second kappa shape index (κ2) is 4.50. The first kappa shape index (κ1) is 11.5. The van der Waals surface area contributed by atoms with Gasteiger partial charge in [-0.3, -0.25) is 0 Å². The number of nitrogens with two attached hydrogens (primary N) is 1. The van der Waals surface area contributed by atoms with Gasteiger partial charge in [0.15, 0.2) is 5.82 Å². The summed E-state index contributed by atoms with van der Waals surface area (Å²) in [5.41, 5.74) is 5.51. The van der Waals surface area contributed by atoms with Crippen molar-refractivity contribution in [2.24, 2.45) is 5.73 Å². The van der Waals surface area contributed by atoms with Crippen LogP contribution >= 0.6 is 11.3 Å². The van der Waals surface area contributed by atoms with Crippen LogP contribution < -0.4 is 10.5 Å². The Morgan fingerprint density at radius 1 is 1.59 bits per heavy atom. The number of hydrogen-bond acceptors (Lipinski definition) is 6. The summed E-state index contributed by atoms with van der Waals surface area (Å²) in [5.74, 6) is 0.635. The molecule has 1 amide bonds. The normalized spacial score (nSPS) is 10.8. The molecule has 17 heavy (non-hydrogen) atoms. The fourth-order valence-corrected chi connectivity index (χ4v) is 1.95. The van der Waals surface area contributed by atoms with Crippen LogP contribution in [0.4, 0.5) is 4.79 Å². The fraction of sp³-hybridized carbons (Fsp3) is 0.333. The molecular weight excluding hydrogens is 242 g/mol. The third-order valence-corrected chi connectivity index (χ3v) is 2.75. The molecule has 0 saturated carbocycles. The van der Waals surface area contributed by atoms with Gasteiger partial charge in [-0.2, -0.15) is 4.98 Å². The van der Waals surface area contributed by atoms with Crippen molar-refractivity contribution in [1.82, 2.24) is 19.7 Å². The summed E-state index contributed by atoms with van der Waals surface area (Å²) < 4.78 is 6.56. The molecule has 2 heterocycles. The molecule has 0 aromatic carbocycles. The number of rotatable bonds is 3. The van der Waals surface area contributed by atoms with Crippen molar-refractivity contribution in [1.29, 1.82) is 0 Å². The highest BCUT2D eigenvalue weighted by Crippen LogP contribution is 2.26. The molecule has 2 aromatic rings. The molecular formula is C9H11N5O2S. The molecule has 0 spiro atoms. The van der Waals surface area contributed by atoms with Crippen LogP contribution in [-0.2, 0) is 0 Å². The summed E-state index contributed by atoms with van der Waals surface area (Å²) in [4.78, 5) is 14.7. The van der Waals surface area contributed by atoms with Crippen LogP contribution in [0.5, 0.6) is 5.19 Å². The van der Waals surface area contributed by atoms with E-state index < -0.39 is 6.09 Å². The molecule has 0 aliphatic carbocycles. The van der Waals surface area contributed by atoms with E-state index in [0.29, 0.717) is 11.5 Å².